The van der Waals surface area contributed by atoms with Gasteiger partial charge in [0, 0.05) is 16.2 Å². The average molecular weight is 355 g/mol. The molecule has 1 unspecified atom stereocenters. The van der Waals surface area contributed by atoms with E-state index >= 15 is 0 Å². The lowest BCUT2D eigenvalue weighted by molar-refractivity contribution is 0.567. The van der Waals surface area contributed by atoms with Gasteiger partial charge < -0.3 is 5.73 Å². The first-order valence-corrected chi connectivity index (χ1v) is 8.30. The lowest BCUT2D eigenvalue weighted by Crippen LogP contribution is -2.27. The van der Waals surface area contributed by atoms with Gasteiger partial charge in [0.2, 0.25) is 10.0 Å². The van der Waals surface area contributed by atoms with E-state index < -0.39 is 16.1 Å². The number of nitrogens with one attached hydrogen (secondary N) is 1. The highest BCUT2D eigenvalue weighted by Crippen LogP contribution is 2.25. The molecule has 0 aliphatic heterocycles. The Morgan fingerprint density at radius 1 is 1.10 bits per heavy atom. The van der Waals surface area contributed by atoms with Crippen molar-refractivity contribution >= 4 is 31.6 Å². The van der Waals surface area contributed by atoms with E-state index in [0.717, 1.165) is 5.56 Å². The lowest BCUT2D eigenvalue weighted by atomic mass is 10.1. The smallest absolute Gasteiger partial charge is 0.242 e. The van der Waals surface area contributed by atoms with Gasteiger partial charge in [0.15, 0.2) is 0 Å². The summed E-state index contributed by atoms with van der Waals surface area (Å²) in [5.41, 5.74) is 7.18. The van der Waals surface area contributed by atoms with Crippen molar-refractivity contribution in [3.05, 3.63) is 58.6 Å². The number of anilines is 1. The summed E-state index contributed by atoms with van der Waals surface area (Å²) in [6, 6.07) is 13.5. The van der Waals surface area contributed by atoms with Crippen LogP contribution in [0.3, 0.4) is 0 Å². The van der Waals surface area contributed by atoms with E-state index in [0.29, 0.717) is 10.2 Å². The van der Waals surface area contributed by atoms with Crippen molar-refractivity contribution in [2.24, 2.45) is 0 Å². The zero-order chi connectivity index (χ0) is 14.8. The van der Waals surface area contributed by atoms with Gasteiger partial charge in [-0.25, -0.2) is 13.1 Å². The normalized spacial score (nSPS) is 13.1. The van der Waals surface area contributed by atoms with Crippen LogP contribution in [0.4, 0.5) is 5.69 Å². The van der Waals surface area contributed by atoms with Gasteiger partial charge in [-0.3, -0.25) is 0 Å². The van der Waals surface area contributed by atoms with Gasteiger partial charge in [-0.1, -0.05) is 30.3 Å². The van der Waals surface area contributed by atoms with Gasteiger partial charge in [-0.15, -0.1) is 0 Å². The first-order valence-electron chi connectivity index (χ1n) is 6.03. The number of rotatable bonds is 4. The molecule has 0 amide bonds. The average Bonchev–Trinajstić information content (AvgIpc) is 2.38. The molecule has 3 N–H and O–H groups in total. The molecule has 2 aromatic carbocycles. The predicted octanol–water partition coefficient (Wildman–Crippen LogP) is 3.07. The van der Waals surface area contributed by atoms with Gasteiger partial charge in [-0.2, -0.15) is 0 Å². The van der Waals surface area contributed by atoms with E-state index in [4.69, 9.17) is 5.73 Å². The Kier molecular flexibility index (Phi) is 4.47. The first-order chi connectivity index (χ1) is 9.42. The molecule has 6 heteroatoms. The van der Waals surface area contributed by atoms with Crippen molar-refractivity contribution in [3.63, 3.8) is 0 Å². The maximum absolute atomic E-state index is 12.4. The topological polar surface area (TPSA) is 72.2 Å². The molecule has 2 rings (SSSR count). The van der Waals surface area contributed by atoms with Crippen molar-refractivity contribution in [1.29, 1.82) is 0 Å². The van der Waals surface area contributed by atoms with Crippen LogP contribution in [0.2, 0.25) is 0 Å². The molecular weight excluding hydrogens is 340 g/mol. The second kappa shape index (κ2) is 5.95. The summed E-state index contributed by atoms with van der Waals surface area (Å²) in [7, 11) is -3.61. The molecule has 0 aromatic heterocycles. The monoisotopic (exact) mass is 354 g/mol. The molecule has 20 heavy (non-hydrogen) atoms. The molecule has 0 bridgehead atoms. The fourth-order valence-electron chi connectivity index (χ4n) is 1.93. The third-order valence-electron chi connectivity index (χ3n) is 2.92. The van der Waals surface area contributed by atoms with Gasteiger partial charge >= 0.3 is 0 Å². The molecule has 4 nitrogen and oxygen atoms in total. The van der Waals surface area contributed by atoms with Crippen molar-refractivity contribution in [2.75, 3.05) is 5.73 Å². The molecule has 1 atom stereocenters. The van der Waals surface area contributed by atoms with Crippen molar-refractivity contribution in [3.8, 4) is 0 Å². The number of nitrogens with two attached hydrogens (primary N) is 1. The molecule has 0 saturated heterocycles. The summed E-state index contributed by atoms with van der Waals surface area (Å²) in [6.07, 6.45) is 0. The number of halogens is 1. The molecule has 0 aliphatic carbocycles. The molecule has 0 spiro atoms. The van der Waals surface area contributed by atoms with Crippen LogP contribution in [-0.4, -0.2) is 8.42 Å². The Morgan fingerprint density at radius 2 is 1.70 bits per heavy atom. The molecule has 0 saturated carbocycles. The van der Waals surface area contributed by atoms with Gasteiger partial charge in [0.25, 0.3) is 0 Å². The number of benzene rings is 2. The van der Waals surface area contributed by atoms with E-state index in [1.165, 1.54) is 0 Å². The van der Waals surface area contributed by atoms with Crippen molar-refractivity contribution in [2.45, 2.75) is 17.9 Å². The third-order valence-corrected chi connectivity index (χ3v) is 5.47. The second-order valence-corrected chi connectivity index (χ2v) is 6.94. The minimum atomic E-state index is -3.61. The Hall–Kier alpha value is -1.37. The highest BCUT2D eigenvalue weighted by molar-refractivity contribution is 9.10. The maximum atomic E-state index is 12.4. The van der Waals surface area contributed by atoms with Crippen LogP contribution in [0.15, 0.2) is 57.9 Å². The van der Waals surface area contributed by atoms with Crippen LogP contribution < -0.4 is 10.5 Å². The number of sulfonamides is 1. The highest BCUT2D eigenvalue weighted by Gasteiger charge is 2.21. The number of para-hydroxylation sites is 1. The summed E-state index contributed by atoms with van der Waals surface area (Å²) < 4.78 is 27.9. The van der Waals surface area contributed by atoms with Crippen molar-refractivity contribution < 1.29 is 8.42 Å². The predicted molar refractivity (Wildman–Crippen MR) is 83.7 cm³/mol. The Morgan fingerprint density at radius 3 is 2.35 bits per heavy atom. The highest BCUT2D eigenvalue weighted by atomic mass is 79.9. The molecule has 0 heterocycles. The van der Waals surface area contributed by atoms with Crippen molar-refractivity contribution in [1.82, 2.24) is 4.72 Å². The van der Waals surface area contributed by atoms with Crippen LogP contribution in [0.1, 0.15) is 18.5 Å². The minimum Gasteiger partial charge on any atom is -0.398 e. The van der Waals surface area contributed by atoms with Gasteiger partial charge in [0.05, 0.1) is 4.90 Å². The van der Waals surface area contributed by atoms with Crippen LogP contribution in [-0.2, 0) is 10.0 Å². The quantitative estimate of drug-likeness (QED) is 0.828. The minimum absolute atomic E-state index is 0.210. The van der Waals surface area contributed by atoms with E-state index in [1.54, 1.807) is 37.3 Å². The van der Waals surface area contributed by atoms with Crippen LogP contribution in [0.5, 0.6) is 0 Å². The fraction of sp³-hybridized carbons (Fsp3) is 0.143. The molecule has 0 aliphatic rings. The third kappa shape index (κ3) is 3.20. The summed E-state index contributed by atoms with van der Waals surface area (Å²) in [5, 5.41) is 0. The SMILES string of the molecule is CC(NS(=O)(=O)c1ccccc1Br)c1ccccc1N. The Labute approximate surface area is 127 Å². The van der Waals surface area contributed by atoms with Gasteiger partial charge in [0.1, 0.15) is 0 Å². The molecule has 0 fully saturated rings. The summed E-state index contributed by atoms with van der Waals surface area (Å²) in [4.78, 5) is 0.210. The van der Waals surface area contributed by atoms with Crippen LogP contribution in [0, 0.1) is 0 Å². The van der Waals surface area contributed by atoms with E-state index in [9.17, 15) is 8.42 Å². The number of hydrogen-bond acceptors (Lipinski definition) is 3. The largest absolute Gasteiger partial charge is 0.398 e. The van der Waals surface area contributed by atoms with Gasteiger partial charge in [-0.05, 0) is 46.6 Å². The summed E-state index contributed by atoms with van der Waals surface area (Å²) in [6.45, 7) is 1.76. The van der Waals surface area contributed by atoms with Crippen LogP contribution in [0.25, 0.3) is 0 Å². The Bertz CT molecular complexity index is 717. The first kappa shape index (κ1) is 15.0. The molecule has 2 aromatic rings. The maximum Gasteiger partial charge on any atom is 0.242 e. The fourth-order valence-corrected chi connectivity index (χ4v) is 4.15. The van der Waals surface area contributed by atoms with E-state index in [-0.39, 0.29) is 4.90 Å². The zero-order valence-corrected chi connectivity index (χ0v) is 13.3. The molecular formula is C14H15BrN2O2S. The van der Waals surface area contributed by atoms with E-state index in [2.05, 4.69) is 20.7 Å². The summed E-state index contributed by atoms with van der Waals surface area (Å²) in [5.74, 6) is 0. The second-order valence-electron chi connectivity index (χ2n) is 4.40. The van der Waals surface area contributed by atoms with E-state index in [1.807, 2.05) is 18.2 Å². The molecule has 0 radical (unpaired) electrons. The Balaban J connectivity index is 2.30. The number of hydrogen-bond donors (Lipinski definition) is 2. The zero-order valence-electron chi connectivity index (χ0n) is 10.9. The van der Waals surface area contributed by atoms with Crippen LogP contribution >= 0.6 is 15.9 Å². The summed E-state index contributed by atoms with van der Waals surface area (Å²) >= 11 is 3.25. The standard InChI is InChI=1S/C14H15BrN2O2S/c1-10(11-6-2-4-8-13(11)16)17-20(18,19)14-9-5-3-7-12(14)15/h2-10,17H,16H2,1H3. The number of nitrogen functional groups attached to an aromatic ring is 1. The molecule has 106 valence electrons. The lowest BCUT2D eigenvalue weighted by Gasteiger charge is -2.17.